The first-order valence-corrected chi connectivity index (χ1v) is 10.8. The molecule has 0 saturated carbocycles. The number of carboxylic acid groups (broad SMARTS) is 1. The average molecular weight is 426 g/mol. The number of amides is 2. The van der Waals surface area contributed by atoms with Crippen LogP contribution in [0.15, 0.2) is 60.7 Å². The first-order valence-electron chi connectivity index (χ1n) is 9.61. The van der Waals surface area contributed by atoms with E-state index in [2.05, 4.69) is 5.32 Å². The van der Waals surface area contributed by atoms with Crippen LogP contribution in [0.3, 0.4) is 0 Å². The summed E-state index contributed by atoms with van der Waals surface area (Å²) in [5.41, 5.74) is 1.53. The number of nitrogens with one attached hydrogen (secondary N) is 1. The van der Waals surface area contributed by atoms with E-state index in [1.807, 2.05) is 60.7 Å². The average Bonchev–Trinajstić information content (AvgIpc) is 2.92. The molecule has 2 aromatic rings. The number of nitrogens with zero attached hydrogens (tertiary/aromatic N) is 1. The minimum absolute atomic E-state index is 0.390. The van der Waals surface area contributed by atoms with Gasteiger partial charge in [-0.2, -0.15) is 0 Å². The fourth-order valence-corrected chi connectivity index (χ4v) is 6.24. The number of carbonyl (C=O) groups excluding carboxylic acids is 2. The minimum Gasteiger partial charge on any atom is -0.480 e. The number of carbonyl (C=O) groups is 3. The van der Waals surface area contributed by atoms with Crippen molar-refractivity contribution >= 4 is 28.6 Å². The van der Waals surface area contributed by atoms with Gasteiger partial charge in [0.05, 0.1) is 21.5 Å². The minimum atomic E-state index is -1.63. The zero-order valence-electron chi connectivity index (χ0n) is 16.5. The van der Waals surface area contributed by atoms with Gasteiger partial charge in [0, 0.05) is 0 Å². The molecular formula is C22H22N2O5S. The molecule has 2 fully saturated rings. The second kappa shape index (κ2) is 7.36. The quantitative estimate of drug-likeness (QED) is 0.705. The normalized spacial score (nSPS) is 26.8. The van der Waals surface area contributed by atoms with Crippen molar-refractivity contribution in [1.29, 1.82) is 0 Å². The molecule has 156 valence electrons. The lowest BCUT2D eigenvalue weighted by Gasteiger charge is -2.43. The predicted molar refractivity (Wildman–Crippen MR) is 111 cm³/mol. The second-order valence-corrected chi connectivity index (χ2v) is 10.1. The lowest BCUT2D eigenvalue weighted by molar-refractivity contribution is -0.161. The number of rotatable bonds is 5. The highest BCUT2D eigenvalue weighted by Crippen LogP contribution is 2.43. The summed E-state index contributed by atoms with van der Waals surface area (Å²) < 4.78 is 11.8. The number of aliphatic carboxylic acids is 1. The van der Waals surface area contributed by atoms with Crippen LogP contribution in [0.4, 0.5) is 0 Å². The highest BCUT2D eigenvalue weighted by Gasteiger charge is 2.68. The summed E-state index contributed by atoms with van der Waals surface area (Å²) in [6, 6.07) is 16.2. The van der Waals surface area contributed by atoms with Crippen LogP contribution in [0.5, 0.6) is 0 Å². The number of benzene rings is 2. The lowest BCUT2D eigenvalue weighted by Crippen LogP contribution is -2.71. The molecule has 8 heteroatoms. The molecule has 2 aliphatic rings. The monoisotopic (exact) mass is 426 g/mol. The Bertz CT molecular complexity index is 985. The molecule has 2 saturated heterocycles. The smallest absolute Gasteiger partial charge is 0.328 e. The Morgan fingerprint density at radius 3 is 2.00 bits per heavy atom. The van der Waals surface area contributed by atoms with E-state index in [0.29, 0.717) is 0 Å². The summed E-state index contributed by atoms with van der Waals surface area (Å²) in [7, 11) is -1.63. The van der Waals surface area contributed by atoms with Gasteiger partial charge in [0.25, 0.3) is 0 Å². The van der Waals surface area contributed by atoms with Crippen molar-refractivity contribution < 1.29 is 23.7 Å². The summed E-state index contributed by atoms with van der Waals surface area (Å²) in [5, 5.41) is 11.4. The third-order valence-corrected chi connectivity index (χ3v) is 8.01. The largest absolute Gasteiger partial charge is 0.480 e. The lowest BCUT2D eigenvalue weighted by atomic mass is 9.89. The van der Waals surface area contributed by atoms with Gasteiger partial charge in [0.1, 0.15) is 17.5 Å². The van der Waals surface area contributed by atoms with Crippen LogP contribution < -0.4 is 5.32 Å². The van der Waals surface area contributed by atoms with E-state index < -0.39 is 50.8 Å². The van der Waals surface area contributed by atoms with Gasteiger partial charge < -0.3 is 15.3 Å². The zero-order valence-corrected chi connectivity index (χ0v) is 17.3. The highest BCUT2D eigenvalue weighted by atomic mass is 32.2. The summed E-state index contributed by atoms with van der Waals surface area (Å²) in [6.07, 6.45) is 0. The van der Waals surface area contributed by atoms with Gasteiger partial charge in [-0.05, 0) is 25.0 Å². The Morgan fingerprint density at radius 1 is 1.03 bits per heavy atom. The Morgan fingerprint density at radius 2 is 1.53 bits per heavy atom. The van der Waals surface area contributed by atoms with Crippen LogP contribution in [-0.2, 0) is 25.2 Å². The van der Waals surface area contributed by atoms with E-state index in [1.165, 1.54) is 0 Å². The van der Waals surface area contributed by atoms with Crippen molar-refractivity contribution in [3.63, 3.8) is 0 Å². The van der Waals surface area contributed by atoms with Crippen LogP contribution in [0.25, 0.3) is 0 Å². The fourth-order valence-electron chi connectivity index (χ4n) is 4.32. The topological polar surface area (TPSA) is 104 Å². The van der Waals surface area contributed by atoms with Crippen LogP contribution in [0, 0.1) is 0 Å². The van der Waals surface area contributed by atoms with Gasteiger partial charge in [0.15, 0.2) is 0 Å². The van der Waals surface area contributed by atoms with Crippen molar-refractivity contribution in [2.45, 2.75) is 42.0 Å². The SMILES string of the molecule is CC1(C)C(C(=O)O)N2C(=O)C(NC(=O)C(c3ccccc3)c3ccccc3)C2S1=O. The first kappa shape index (κ1) is 20.3. The predicted octanol–water partition coefficient (Wildman–Crippen LogP) is 1.47. The van der Waals surface area contributed by atoms with Gasteiger partial charge in [0.2, 0.25) is 11.8 Å². The molecule has 2 N–H and O–H groups in total. The van der Waals surface area contributed by atoms with Gasteiger partial charge in [-0.1, -0.05) is 60.7 Å². The van der Waals surface area contributed by atoms with Crippen LogP contribution in [-0.4, -0.2) is 54.2 Å². The van der Waals surface area contributed by atoms with E-state index in [0.717, 1.165) is 16.0 Å². The molecule has 0 aromatic heterocycles. The van der Waals surface area contributed by atoms with Crippen molar-refractivity contribution in [1.82, 2.24) is 10.2 Å². The fraction of sp³-hybridized carbons (Fsp3) is 0.318. The maximum atomic E-state index is 13.3. The molecule has 2 heterocycles. The van der Waals surface area contributed by atoms with E-state index >= 15 is 0 Å². The Kier molecular flexibility index (Phi) is 4.97. The molecule has 4 rings (SSSR count). The summed E-state index contributed by atoms with van der Waals surface area (Å²) in [6.45, 7) is 3.15. The molecule has 7 nitrogen and oxygen atoms in total. The maximum Gasteiger partial charge on any atom is 0.328 e. The summed E-state index contributed by atoms with van der Waals surface area (Å²) in [5.74, 6) is -2.74. The van der Waals surface area contributed by atoms with E-state index in [9.17, 15) is 23.7 Å². The molecule has 0 spiro atoms. The standard InChI is InChI=1S/C22H22N2O5S/c1-22(2)17(21(27)28)24-19(26)16(20(24)30(22)29)23-18(25)15(13-9-5-3-6-10-13)14-11-7-4-8-12-14/h3-12,15-17,20H,1-2H3,(H,23,25)(H,27,28). The molecule has 30 heavy (non-hydrogen) atoms. The molecule has 0 radical (unpaired) electrons. The molecular weight excluding hydrogens is 404 g/mol. The molecule has 4 unspecified atom stereocenters. The number of β-lactam (4-membered cyclic amide) rings is 1. The Labute approximate surface area is 176 Å². The molecule has 2 aliphatic heterocycles. The zero-order chi connectivity index (χ0) is 21.6. The number of hydrogen-bond donors (Lipinski definition) is 2. The number of fused-ring (bicyclic) bond motifs is 1. The third-order valence-electron chi connectivity index (χ3n) is 5.81. The molecule has 4 atom stereocenters. The van der Waals surface area contributed by atoms with Gasteiger partial charge in [-0.25, -0.2) is 4.79 Å². The number of carboxylic acids is 1. The van der Waals surface area contributed by atoms with Gasteiger partial charge in [-0.15, -0.1) is 0 Å². The maximum absolute atomic E-state index is 13.3. The van der Waals surface area contributed by atoms with Crippen LogP contribution >= 0.6 is 0 Å². The van der Waals surface area contributed by atoms with E-state index in [-0.39, 0.29) is 5.91 Å². The van der Waals surface area contributed by atoms with Gasteiger partial charge in [-0.3, -0.25) is 13.8 Å². The second-order valence-electron chi connectivity index (χ2n) is 8.02. The molecule has 2 aromatic carbocycles. The van der Waals surface area contributed by atoms with Crippen LogP contribution in [0.1, 0.15) is 30.9 Å². The molecule has 0 bridgehead atoms. The summed E-state index contributed by atoms with van der Waals surface area (Å²) >= 11 is 0. The third kappa shape index (κ3) is 3.02. The van der Waals surface area contributed by atoms with E-state index in [4.69, 9.17) is 0 Å². The van der Waals surface area contributed by atoms with Crippen molar-refractivity contribution in [2.24, 2.45) is 0 Å². The molecule has 0 aliphatic carbocycles. The van der Waals surface area contributed by atoms with E-state index in [1.54, 1.807) is 13.8 Å². The Balaban J connectivity index is 1.62. The van der Waals surface area contributed by atoms with Crippen LogP contribution in [0.2, 0.25) is 0 Å². The highest BCUT2D eigenvalue weighted by molar-refractivity contribution is 7.87. The summed E-state index contributed by atoms with van der Waals surface area (Å²) in [4.78, 5) is 38.8. The number of hydrogen-bond acceptors (Lipinski definition) is 4. The van der Waals surface area contributed by atoms with Gasteiger partial charge >= 0.3 is 5.97 Å². The Hall–Kier alpha value is -3.00. The van der Waals surface area contributed by atoms with Crippen molar-refractivity contribution in [2.75, 3.05) is 0 Å². The first-order chi connectivity index (χ1) is 14.2. The molecule has 2 amide bonds. The van der Waals surface area contributed by atoms with Crippen molar-refractivity contribution in [3.8, 4) is 0 Å². The van der Waals surface area contributed by atoms with Crippen molar-refractivity contribution in [3.05, 3.63) is 71.8 Å².